The number of thiazole rings is 1. The molecule has 36 heavy (non-hydrogen) atoms. The monoisotopic (exact) mass is 589 g/mol. The van der Waals surface area contributed by atoms with Crippen LogP contribution >= 0.6 is 27.3 Å². The third-order valence-corrected chi connectivity index (χ3v) is 9.68. The standard InChI is InChI=1S/C25H24BrN3O5S2/c1-33-19-5-7-21(8-6-19)36(31,32)28-12-10-17(11-13-28)24(30)29(16-20-3-2-14-34-20)25-27-22-9-4-18(26)15-23(22)35-25/h2-9,14-15,17H,10-13,16H2,1H3. The number of methoxy groups -OCH3 is 1. The van der Waals surface area contributed by atoms with Crippen LogP contribution in [0.15, 0.2) is 74.6 Å². The van der Waals surface area contributed by atoms with E-state index in [0.717, 1.165) is 14.7 Å². The molecule has 11 heteroatoms. The van der Waals surface area contributed by atoms with Gasteiger partial charge in [-0.15, -0.1) is 0 Å². The molecule has 2 aromatic heterocycles. The van der Waals surface area contributed by atoms with E-state index in [9.17, 15) is 13.2 Å². The van der Waals surface area contributed by atoms with Crippen molar-refractivity contribution in [1.29, 1.82) is 0 Å². The van der Waals surface area contributed by atoms with Crippen molar-refractivity contribution in [2.24, 2.45) is 5.92 Å². The second-order valence-corrected chi connectivity index (χ2v) is 12.3. The summed E-state index contributed by atoms with van der Waals surface area (Å²) in [5.74, 6) is 0.854. The Bertz CT molecular complexity index is 1460. The van der Waals surface area contributed by atoms with E-state index in [0.29, 0.717) is 29.5 Å². The molecule has 0 unspecified atom stereocenters. The fraction of sp³-hybridized carbons (Fsp3) is 0.280. The minimum atomic E-state index is -3.65. The molecule has 1 aliphatic heterocycles. The maximum absolute atomic E-state index is 13.7. The zero-order valence-corrected chi connectivity index (χ0v) is 22.7. The third kappa shape index (κ3) is 5.06. The van der Waals surface area contributed by atoms with Crippen LogP contribution in [0.2, 0.25) is 0 Å². The molecule has 0 spiro atoms. The number of hydrogen-bond donors (Lipinski definition) is 0. The number of anilines is 1. The van der Waals surface area contributed by atoms with E-state index in [1.54, 1.807) is 41.5 Å². The summed E-state index contributed by atoms with van der Waals surface area (Å²) in [6.45, 7) is 0.801. The molecule has 2 aromatic carbocycles. The van der Waals surface area contributed by atoms with Crippen LogP contribution in [-0.2, 0) is 21.4 Å². The molecule has 1 aliphatic rings. The van der Waals surface area contributed by atoms with Crippen LogP contribution in [0.25, 0.3) is 10.2 Å². The number of benzene rings is 2. The first-order chi connectivity index (χ1) is 17.3. The van der Waals surface area contributed by atoms with Crippen LogP contribution in [0, 0.1) is 5.92 Å². The van der Waals surface area contributed by atoms with E-state index >= 15 is 0 Å². The van der Waals surface area contributed by atoms with Gasteiger partial charge in [-0.25, -0.2) is 13.4 Å². The normalized spacial score (nSPS) is 15.3. The minimum absolute atomic E-state index is 0.0778. The molecule has 4 aromatic rings. The highest BCUT2D eigenvalue weighted by Gasteiger charge is 2.35. The zero-order chi connectivity index (χ0) is 25.3. The molecule has 188 valence electrons. The summed E-state index contributed by atoms with van der Waals surface area (Å²) in [7, 11) is -2.11. The predicted molar refractivity (Wildman–Crippen MR) is 142 cm³/mol. The molecule has 0 atom stereocenters. The molecule has 5 rings (SSSR count). The average Bonchev–Trinajstić information content (AvgIpc) is 3.56. The number of ether oxygens (including phenoxy) is 1. The summed E-state index contributed by atoms with van der Waals surface area (Å²) in [5.41, 5.74) is 0.816. The van der Waals surface area contributed by atoms with Crippen molar-refractivity contribution in [2.45, 2.75) is 24.3 Å². The van der Waals surface area contributed by atoms with E-state index in [2.05, 4.69) is 15.9 Å². The number of aromatic nitrogens is 1. The van der Waals surface area contributed by atoms with Crippen molar-refractivity contribution in [3.8, 4) is 5.75 Å². The Hall–Kier alpha value is -2.73. The Balaban J connectivity index is 1.34. The number of sulfonamides is 1. The summed E-state index contributed by atoms with van der Waals surface area (Å²) in [4.78, 5) is 20.3. The molecular weight excluding hydrogens is 566 g/mol. The van der Waals surface area contributed by atoms with Crippen molar-refractivity contribution in [3.05, 3.63) is 71.1 Å². The molecular formula is C25H24BrN3O5S2. The number of carbonyl (C=O) groups is 1. The quantitative estimate of drug-likeness (QED) is 0.290. The maximum atomic E-state index is 13.7. The molecule has 1 amide bonds. The smallest absolute Gasteiger partial charge is 0.243 e. The lowest BCUT2D eigenvalue weighted by Gasteiger charge is -2.32. The van der Waals surface area contributed by atoms with Crippen LogP contribution in [0.3, 0.4) is 0 Å². The molecule has 0 bridgehead atoms. The van der Waals surface area contributed by atoms with E-state index < -0.39 is 10.0 Å². The molecule has 1 fully saturated rings. The van der Waals surface area contributed by atoms with Gasteiger partial charge in [0.15, 0.2) is 5.13 Å². The molecule has 0 radical (unpaired) electrons. The first kappa shape index (κ1) is 24.9. The number of rotatable bonds is 7. The highest BCUT2D eigenvalue weighted by atomic mass is 79.9. The lowest BCUT2D eigenvalue weighted by atomic mass is 9.96. The van der Waals surface area contributed by atoms with E-state index in [4.69, 9.17) is 14.1 Å². The lowest BCUT2D eigenvalue weighted by Crippen LogP contribution is -2.44. The number of nitrogens with zero attached hydrogens (tertiary/aromatic N) is 3. The van der Waals surface area contributed by atoms with Crippen molar-refractivity contribution in [2.75, 3.05) is 25.1 Å². The molecule has 8 nitrogen and oxygen atoms in total. The topological polar surface area (TPSA) is 93.0 Å². The van der Waals surface area contributed by atoms with E-state index in [1.807, 2.05) is 24.3 Å². The van der Waals surface area contributed by atoms with Crippen LogP contribution in [0.1, 0.15) is 18.6 Å². The second-order valence-electron chi connectivity index (χ2n) is 8.47. The summed E-state index contributed by atoms with van der Waals surface area (Å²) < 4.78 is 40.3. The Morgan fingerprint density at radius 1 is 1.19 bits per heavy atom. The van der Waals surface area contributed by atoms with Crippen LogP contribution in [0.4, 0.5) is 5.13 Å². The van der Waals surface area contributed by atoms with E-state index in [1.165, 1.54) is 22.8 Å². The summed E-state index contributed by atoms with van der Waals surface area (Å²) in [6.07, 6.45) is 2.44. The Labute approximate surface area is 221 Å². The van der Waals surface area contributed by atoms with Gasteiger partial charge in [-0.3, -0.25) is 9.69 Å². The van der Waals surface area contributed by atoms with Gasteiger partial charge in [-0.2, -0.15) is 4.31 Å². The highest BCUT2D eigenvalue weighted by molar-refractivity contribution is 9.10. The molecule has 1 saturated heterocycles. The van der Waals surface area contributed by atoms with Gasteiger partial charge in [-0.05, 0) is 67.4 Å². The number of carbonyl (C=O) groups excluding carboxylic acids is 1. The van der Waals surface area contributed by atoms with Crippen molar-refractivity contribution < 1.29 is 22.4 Å². The van der Waals surface area contributed by atoms with Crippen LogP contribution < -0.4 is 9.64 Å². The van der Waals surface area contributed by atoms with Gasteiger partial charge < -0.3 is 9.15 Å². The van der Waals surface area contributed by atoms with Crippen LogP contribution in [-0.4, -0.2) is 43.8 Å². The number of hydrogen-bond acceptors (Lipinski definition) is 7. The first-order valence-corrected chi connectivity index (χ1v) is 14.4. The lowest BCUT2D eigenvalue weighted by molar-refractivity contribution is -0.123. The Morgan fingerprint density at radius 2 is 1.94 bits per heavy atom. The van der Waals surface area contributed by atoms with Crippen molar-refractivity contribution >= 4 is 58.5 Å². The number of fused-ring (bicyclic) bond motifs is 1. The summed E-state index contributed by atoms with van der Waals surface area (Å²) in [6, 6.07) is 15.8. The summed E-state index contributed by atoms with van der Waals surface area (Å²) >= 11 is 4.93. The minimum Gasteiger partial charge on any atom is -0.497 e. The fourth-order valence-electron chi connectivity index (χ4n) is 4.26. The Kier molecular flexibility index (Phi) is 7.16. The average molecular weight is 591 g/mol. The van der Waals surface area contributed by atoms with Gasteiger partial charge in [-0.1, -0.05) is 27.3 Å². The van der Waals surface area contributed by atoms with Crippen LogP contribution in [0.5, 0.6) is 5.75 Å². The van der Waals surface area contributed by atoms with Crippen molar-refractivity contribution in [3.63, 3.8) is 0 Å². The molecule has 3 heterocycles. The van der Waals surface area contributed by atoms with Crippen molar-refractivity contribution in [1.82, 2.24) is 9.29 Å². The van der Waals surface area contributed by atoms with Gasteiger partial charge in [0.05, 0.1) is 35.0 Å². The molecule has 0 aliphatic carbocycles. The first-order valence-electron chi connectivity index (χ1n) is 11.4. The Morgan fingerprint density at radius 3 is 2.61 bits per heavy atom. The van der Waals surface area contributed by atoms with E-state index in [-0.39, 0.29) is 36.4 Å². The van der Waals surface area contributed by atoms with Gasteiger partial charge in [0, 0.05) is 23.5 Å². The fourth-order valence-corrected chi connectivity index (χ4v) is 7.25. The van der Waals surface area contributed by atoms with Gasteiger partial charge >= 0.3 is 0 Å². The number of furan rings is 1. The predicted octanol–water partition coefficient (Wildman–Crippen LogP) is 5.29. The largest absolute Gasteiger partial charge is 0.497 e. The van der Waals surface area contributed by atoms with Gasteiger partial charge in [0.1, 0.15) is 11.5 Å². The SMILES string of the molecule is COc1ccc(S(=O)(=O)N2CCC(C(=O)N(Cc3ccco3)c3nc4ccc(Br)cc4s3)CC2)cc1. The number of piperidine rings is 1. The maximum Gasteiger partial charge on any atom is 0.243 e. The third-order valence-electron chi connectivity index (χ3n) is 6.23. The second kappa shape index (κ2) is 10.3. The molecule has 0 saturated carbocycles. The zero-order valence-electron chi connectivity index (χ0n) is 19.5. The molecule has 0 N–H and O–H groups in total. The van der Waals surface area contributed by atoms with Gasteiger partial charge in [0.2, 0.25) is 15.9 Å². The number of amides is 1. The summed E-state index contributed by atoms with van der Waals surface area (Å²) in [5, 5.41) is 0.595. The van der Waals surface area contributed by atoms with Gasteiger partial charge in [0.25, 0.3) is 0 Å². The highest BCUT2D eigenvalue weighted by Crippen LogP contribution is 2.34. The number of halogens is 1.